The second-order valence-corrected chi connectivity index (χ2v) is 9.64. The van der Waals surface area contributed by atoms with Crippen LogP contribution in [0.3, 0.4) is 0 Å². The first-order valence-corrected chi connectivity index (χ1v) is 11.2. The molecule has 3 rings (SSSR count). The van der Waals surface area contributed by atoms with Crippen LogP contribution in [0.25, 0.3) is 0 Å². The fourth-order valence-electron chi connectivity index (χ4n) is 3.53. The van der Waals surface area contributed by atoms with E-state index in [1.807, 2.05) is 11.0 Å². The molecule has 158 valence electrons. The van der Waals surface area contributed by atoms with Gasteiger partial charge in [0.1, 0.15) is 5.82 Å². The lowest BCUT2D eigenvalue weighted by molar-refractivity contribution is -0.137. The number of nitrogens with zero attached hydrogens (tertiary/aromatic N) is 3. The maximum atomic E-state index is 12.8. The Morgan fingerprint density at radius 3 is 2.41 bits per heavy atom. The molecule has 1 fully saturated rings. The van der Waals surface area contributed by atoms with Crippen molar-refractivity contribution in [3.63, 3.8) is 0 Å². The van der Waals surface area contributed by atoms with Crippen molar-refractivity contribution in [2.24, 2.45) is 5.92 Å². The summed E-state index contributed by atoms with van der Waals surface area (Å²) in [6, 6.07) is 9.33. The molecule has 0 unspecified atom stereocenters. The third-order valence-corrected chi connectivity index (χ3v) is 6.28. The van der Waals surface area contributed by atoms with Gasteiger partial charge < -0.3 is 9.80 Å². The molecule has 2 aromatic rings. The van der Waals surface area contributed by atoms with Gasteiger partial charge in [-0.05, 0) is 36.2 Å². The van der Waals surface area contributed by atoms with Crippen molar-refractivity contribution < 1.29 is 21.6 Å². The molecule has 0 bridgehead atoms. The molecule has 0 amide bonds. The summed E-state index contributed by atoms with van der Waals surface area (Å²) in [5.74, 6) is 0.737. The standard InChI is InChI=1S/C20H24F3N3O2S/c1-14(2)18-13-25(16-5-4-6-17(11-16)29(3,27)28)9-10-26(18)19-8-7-15(12-24-19)20(21,22)23/h4-8,11-12,14,18H,9-10,13H2,1-3H3/t18-/m0/s1. The number of hydrogen-bond donors (Lipinski definition) is 0. The Bertz CT molecular complexity index is 960. The van der Waals surface area contributed by atoms with Gasteiger partial charge in [0.2, 0.25) is 0 Å². The molecule has 0 radical (unpaired) electrons. The summed E-state index contributed by atoms with van der Waals surface area (Å²) in [6.45, 7) is 5.91. The first-order chi connectivity index (χ1) is 13.5. The van der Waals surface area contributed by atoms with E-state index in [2.05, 4.69) is 23.7 Å². The number of sulfone groups is 1. The summed E-state index contributed by atoms with van der Waals surface area (Å²) in [7, 11) is -3.30. The van der Waals surface area contributed by atoms with Gasteiger partial charge in [0, 0.05) is 37.8 Å². The number of rotatable bonds is 4. The number of benzene rings is 1. The first-order valence-electron chi connectivity index (χ1n) is 9.32. The average molecular weight is 427 g/mol. The Labute approximate surface area is 169 Å². The van der Waals surface area contributed by atoms with E-state index in [4.69, 9.17) is 0 Å². The minimum absolute atomic E-state index is 0.0230. The van der Waals surface area contributed by atoms with Gasteiger partial charge in [-0.3, -0.25) is 0 Å². The van der Waals surface area contributed by atoms with Crippen LogP contribution in [0.5, 0.6) is 0 Å². The van der Waals surface area contributed by atoms with Gasteiger partial charge in [-0.1, -0.05) is 19.9 Å². The fraction of sp³-hybridized carbons (Fsp3) is 0.450. The average Bonchev–Trinajstić information content (AvgIpc) is 2.66. The molecular formula is C20H24F3N3O2S. The first kappa shape index (κ1) is 21.4. The van der Waals surface area contributed by atoms with E-state index >= 15 is 0 Å². The Morgan fingerprint density at radius 1 is 1.14 bits per heavy atom. The van der Waals surface area contributed by atoms with Gasteiger partial charge in [0.25, 0.3) is 0 Å². The zero-order valence-corrected chi connectivity index (χ0v) is 17.3. The lowest BCUT2D eigenvalue weighted by Gasteiger charge is -2.45. The minimum atomic E-state index is -4.41. The summed E-state index contributed by atoms with van der Waals surface area (Å²) in [4.78, 5) is 8.46. The van der Waals surface area contributed by atoms with Crippen LogP contribution >= 0.6 is 0 Å². The van der Waals surface area contributed by atoms with E-state index in [0.29, 0.717) is 25.5 Å². The topological polar surface area (TPSA) is 53.5 Å². The number of halogens is 3. The van der Waals surface area contributed by atoms with E-state index in [0.717, 1.165) is 18.0 Å². The Hall–Kier alpha value is -2.29. The monoisotopic (exact) mass is 427 g/mol. The van der Waals surface area contributed by atoms with Crippen LogP contribution in [0.15, 0.2) is 47.5 Å². The highest BCUT2D eigenvalue weighted by molar-refractivity contribution is 7.90. The molecule has 9 heteroatoms. The van der Waals surface area contributed by atoms with E-state index in [1.165, 1.54) is 12.3 Å². The molecule has 1 aliphatic rings. The van der Waals surface area contributed by atoms with E-state index in [9.17, 15) is 21.6 Å². The smallest absolute Gasteiger partial charge is 0.368 e. The molecule has 0 spiro atoms. The normalized spacial score (nSPS) is 18.4. The molecule has 1 aromatic heterocycles. The minimum Gasteiger partial charge on any atom is -0.368 e. The molecule has 1 aromatic carbocycles. The number of aromatic nitrogens is 1. The number of piperazine rings is 1. The van der Waals surface area contributed by atoms with Crippen molar-refractivity contribution in [3.05, 3.63) is 48.2 Å². The van der Waals surface area contributed by atoms with Crippen LogP contribution in [0.1, 0.15) is 19.4 Å². The van der Waals surface area contributed by atoms with Crippen molar-refractivity contribution in [2.45, 2.75) is 31.0 Å². The summed E-state index contributed by atoms with van der Waals surface area (Å²) in [6.07, 6.45) is -2.36. The number of alkyl halides is 3. The molecule has 1 aliphatic heterocycles. The van der Waals surface area contributed by atoms with Gasteiger partial charge in [-0.25, -0.2) is 13.4 Å². The van der Waals surface area contributed by atoms with Gasteiger partial charge >= 0.3 is 6.18 Å². The van der Waals surface area contributed by atoms with Crippen LogP contribution in [0.4, 0.5) is 24.7 Å². The maximum absolute atomic E-state index is 12.8. The molecule has 5 nitrogen and oxygen atoms in total. The summed E-state index contributed by atoms with van der Waals surface area (Å²) < 4.78 is 62.2. The van der Waals surface area contributed by atoms with Gasteiger partial charge in [-0.2, -0.15) is 13.2 Å². The number of anilines is 2. The molecule has 2 heterocycles. The SMILES string of the molecule is CC(C)[C@@H]1CN(c2cccc(S(C)(=O)=O)c2)CCN1c1ccc(C(F)(F)F)cn1. The highest BCUT2D eigenvalue weighted by atomic mass is 32.2. The van der Waals surface area contributed by atoms with Gasteiger partial charge in [0.15, 0.2) is 9.84 Å². The second kappa shape index (κ2) is 7.85. The zero-order valence-electron chi connectivity index (χ0n) is 16.5. The zero-order chi connectivity index (χ0) is 21.4. The van der Waals surface area contributed by atoms with Crippen LogP contribution in [0, 0.1) is 5.92 Å². The Balaban J connectivity index is 1.84. The third kappa shape index (κ3) is 4.83. The van der Waals surface area contributed by atoms with Crippen LogP contribution in [-0.4, -0.2) is 45.3 Å². The lowest BCUT2D eigenvalue weighted by atomic mass is 9.99. The molecule has 29 heavy (non-hydrogen) atoms. The summed E-state index contributed by atoms with van der Waals surface area (Å²) in [5.41, 5.74) is 0.0529. The predicted molar refractivity (Wildman–Crippen MR) is 107 cm³/mol. The highest BCUT2D eigenvalue weighted by Crippen LogP contribution is 2.31. The number of pyridine rings is 1. The Morgan fingerprint density at radius 2 is 1.86 bits per heavy atom. The molecular weight excluding hydrogens is 403 g/mol. The molecule has 1 saturated heterocycles. The molecule has 0 aliphatic carbocycles. The van der Waals surface area contributed by atoms with Crippen molar-refractivity contribution in [1.82, 2.24) is 4.98 Å². The van der Waals surface area contributed by atoms with Crippen LogP contribution in [-0.2, 0) is 16.0 Å². The fourth-order valence-corrected chi connectivity index (χ4v) is 4.19. The summed E-state index contributed by atoms with van der Waals surface area (Å²) in [5, 5.41) is 0. The van der Waals surface area contributed by atoms with Crippen LogP contribution < -0.4 is 9.80 Å². The predicted octanol–water partition coefficient (Wildman–Crippen LogP) is 3.86. The third-order valence-electron chi connectivity index (χ3n) is 5.17. The van der Waals surface area contributed by atoms with Crippen LogP contribution in [0.2, 0.25) is 0 Å². The second-order valence-electron chi connectivity index (χ2n) is 7.62. The molecule has 0 saturated carbocycles. The van der Waals surface area contributed by atoms with Crippen molar-refractivity contribution >= 4 is 21.3 Å². The number of hydrogen-bond acceptors (Lipinski definition) is 5. The van der Waals surface area contributed by atoms with Crippen molar-refractivity contribution in [3.8, 4) is 0 Å². The van der Waals surface area contributed by atoms with E-state index in [-0.39, 0.29) is 16.9 Å². The van der Waals surface area contributed by atoms with Crippen molar-refractivity contribution in [2.75, 3.05) is 35.7 Å². The molecule has 1 atom stereocenters. The summed E-state index contributed by atoms with van der Waals surface area (Å²) >= 11 is 0. The maximum Gasteiger partial charge on any atom is 0.417 e. The highest BCUT2D eigenvalue weighted by Gasteiger charge is 2.33. The molecule has 0 N–H and O–H groups in total. The van der Waals surface area contributed by atoms with E-state index < -0.39 is 21.6 Å². The van der Waals surface area contributed by atoms with Crippen molar-refractivity contribution in [1.29, 1.82) is 0 Å². The lowest BCUT2D eigenvalue weighted by Crippen LogP contribution is -2.55. The Kier molecular flexibility index (Phi) is 5.80. The van der Waals surface area contributed by atoms with Gasteiger partial charge in [0.05, 0.1) is 16.5 Å². The van der Waals surface area contributed by atoms with Gasteiger partial charge in [-0.15, -0.1) is 0 Å². The largest absolute Gasteiger partial charge is 0.417 e. The quantitative estimate of drug-likeness (QED) is 0.742. The van der Waals surface area contributed by atoms with E-state index in [1.54, 1.807) is 18.2 Å².